The Labute approximate surface area is 134 Å². The lowest BCUT2D eigenvalue weighted by Crippen LogP contribution is -2.12. The Bertz CT molecular complexity index is 565. The molecule has 0 aliphatic heterocycles. The van der Waals surface area contributed by atoms with E-state index < -0.39 is 0 Å². The first kappa shape index (κ1) is 20.3. The highest BCUT2D eigenvalue weighted by Gasteiger charge is 1.97. The van der Waals surface area contributed by atoms with Crippen molar-refractivity contribution in [2.75, 3.05) is 13.7 Å². The van der Waals surface area contributed by atoms with Gasteiger partial charge in [0.1, 0.15) is 23.6 Å². The summed E-state index contributed by atoms with van der Waals surface area (Å²) in [5.41, 5.74) is 1.13. The van der Waals surface area contributed by atoms with Gasteiger partial charge < -0.3 is 20.0 Å². The van der Waals surface area contributed by atoms with Gasteiger partial charge in [-0.3, -0.25) is 4.79 Å². The predicted octanol–water partition coefficient (Wildman–Crippen LogP) is 2.47. The van der Waals surface area contributed by atoms with Crippen LogP contribution in [0.2, 0.25) is 0 Å². The molecule has 0 atom stereocenters. The van der Waals surface area contributed by atoms with E-state index in [1.54, 1.807) is 12.1 Å². The first-order valence-corrected chi connectivity index (χ1v) is 6.71. The third-order valence-corrected chi connectivity index (χ3v) is 2.32. The van der Waals surface area contributed by atoms with Crippen molar-refractivity contribution in [1.82, 2.24) is 5.32 Å². The summed E-state index contributed by atoms with van der Waals surface area (Å²) in [4.78, 5) is 18.6. The van der Waals surface area contributed by atoms with E-state index in [9.17, 15) is 14.0 Å². The normalized spacial score (nSPS) is 8.52. The molecule has 0 radical (unpaired) electrons. The number of halogens is 1. The van der Waals surface area contributed by atoms with Crippen LogP contribution < -0.4 is 10.1 Å². The van der Waals surface area contributed by atoms with Gasteiger partial charge in [-0.15, -0.1) is 0 Å². The largest absolute Gasteiger partial charge is 0.457 e. The molecule has 0 aliphatic rings. The summed E-state index contributed by atoms with van der Waals surface area (Å²) in [7, 11) is 1.00. The van der Waals surface area contributed by atoms with Crippen LogP contribution in [0.25, 0.3) is 0 Å². The Morgan fingerprint density at radius 3 is 2.22 bits per heavy atom. The highest BCUT2D eigenvalue weighted by atomic mass is 19.1. The number of aliphatic hydroxyl groups excluding tert-OH is 1. The quantitative estimate of drug-likeness (QED) is 0.655. The summed E-state index contributed by atoms with van der Waals surface area (Å²) in [5.74, 6) is 1.15. The van der Waals surface area contributed by atoms with Gasteiger partial charge in [0.2, 0.25) is 6.41 Å². The Morgan fingerprint density at radius 2 is 1.74 bits per heavy atom. The molecule has 0 spiro atoms. The van der Waals surface area contributed by atoms with Crippen molar-refractivity contribution in [2.24, 2.45) is 0 Å². The summed E-state index contributed by atoms with van der Waals surface area (Å²) in [6.07, 6.45) is 1.10. The molecule has 2 aromatic rings. The third-order valence-electron chi connectivity index (χ3n) is 2.32. The van der Waals surface area contributed by atoms with Gasteiger partial charge in [-0.1, -0.05) is 12.1 Å². The van der Waals surface area contributed by atoms with Crippen LogP contribution in [0, 0.1) is 12.7 Å². The SMILES string of the molecule is CO.Cc1cccc(Oc2ccc(F)cc2)c1.O=CCNC=O. The number of ether oxygens (including phenoxy) is 1. The van der Waals surface area contributed by atoms with Crippen LogP contribution in [0.15, 0.2) is 48.5 Å². The molecule has 2 N–H and O–H groups in total. The zero-order chi connectivity index (χ0) is 17.5. The van der Waals surface area contributed by atoms with E-state index in [-0.39, 0.29) is 12.4 Å². The van der Waals surface area contributed by atoms with Gasteiger partial charge in [-0.25, -0.2) is 4.39 Å². The van der Waals surface area contributed by atoms with Crippen molar-refractivity contribution in [2.45, 2.75) is 6.92 Å². The van der Waals surface area contributed by atoms with Crippen LogP contribution in [-0.2, 0) is 9.59 Å². The maximum absolute atomic E-state index is 12.6. The Morgan fingerprint density at radius 1 is 1.09 bits per heavy atom. The van der Waals surface area contributed by atoms with E-state index in [0.717, 1.165) is 18.4 Å². The van der Waals surface area contributed by atoms with E-state index >= 15 is 0 Å². The molecule has 1 amide bonds. The maximum atomic E-state index is 12.6. The summed E-state index contributed by atoms with van der Waals surface area (Å²) < 4.78 is 18.2. The van der Waals surface area contributed by atoms with Crippen LogP contribution in [0.5, 0.6) is 11.5 Å². The van der Waals surface area contributed by atoms with Gasteiger partial charge in [0, 0.05) is 7.11 Å². The van der Waals surface area contributed by atoms with E-state index in [0.29, 0.717) is 18.4 Å². The predicted molar refractivity (Wildman–Crippen MR) is 85.9 cm³/mol. The topological polar surface area (TPSA) is 75.6 Å². The average molecular weight is 321 g/mol. The Kier molecular flexibility index (Phi) is 11.4. The molecule has 0 aliphatic carbocycles. The molecule has 2 aromatic carbocycles. The fourth-order valence-corrected chi connectivity index (χ4v) is 1.41. The second-order valence-electron chi connectivity index (χ2n) is 4.07. The number of hydrogen-bond donors (Lipinski definition) is 2. The summed E-state index contributed by atoms with van der Waals surface area (Å²) >= 11 is 0. The number of carbonyl (C=O) groups is 2. The monoisotopic (exact) mass is 321 g/mol. The Balaban J connectivity index is 0.000000515. The molecule has 0 aromatic heterocycles. The van der Waals surface area contributed by atoms with Gasteiger partial charge in [0.25, 0.3) is 0 Å². The molecule has 2 rings (SSSR count). The molecule has 124 valence electrons. The first-order chi connectivity index (χ1) is 11.2. The number of nitrogens with one attached hydrogen (secondary N) is 1. The molecule has 6 heteroatoms. The highest BCUT2D eigenvalue weighted by molar-refractivity contribution is 5.58. The minimum absolute atomic E-state index is 0.115. The molecular formula is C17H20FNO4. The first-order valence-electron chi connectivity index (χ1n) is 6.71. The molecule has 0 saturated heterocycles. The van der Waals surface area contributed by atoms with Crippen molar-refractivity contribution in [3.63, 3.8) is 0 Å². The van der Waals surface area contributed by atoms with Crippen LogP contribution >= 0.6 is 0 Å². The minimum Gasteiger partial charge on any atom is -0.457 e. The number of aliphatic hydroxyl groups is 1. The number of hydrogen-bond acceptors (Lipinski definition) is 4. The van der Waals surface area contributed by atoms with E-state index in [4.69, 9.17) is 9.84 Å². The van der Waals surface area contributed by atoms with Crippen molar-refractivity contribution in [3.05, 3.63) is 59.9 Å². The molecule has 23 heavy (non-hydrogen) atoms. The Hall–Kier alpha value is -2.73. The van der Waals surface area contributed by atoms with Gasteiger partial charge in [-0.05, 0) is 48.9 Å². The minimum atomic E-state index is -0.258. The molecule has 0 heterocycles. The lowest BCUT2D eigenvalue weighted by molar-refractivity contribution is -0.113. The molecule has 0 unspecified atom stereocenters. The maximum Gasteiger partial charge on any atom is 0.207 e. The second kappa shape index (κ2) is 13.0. The van der Waals surface area contributed by atoms with Gasteiger partial charge >= 0.3 is 0 Å². The number of amides is 1. The summed E-state index contributed by atoms with van der Waals surface area (Å²) in [6.45, 7) is 2.11. The number of carbonyl (C=O) groups excluding carboxylic acids is 2. The molecular weight excluding hydrogens is 301 g/mol. The summed E-state index contributed by atoms with van der Waals surface area (Å²) in [6, 6.07) is 13.7. The smallest absolute Gasteiger partial charge is 0.207 e. The van der Waals surface area contributed by atoms with Crippen LogP contribution in [-0.4, -0.2) is 31.5 Å². The fraction of sp³-hybridized carbons (Fsp3) is 0.176. The number of rotatable bonds is 5. The highest BCUT2D eigenvalue weighted by Crippen LogP contribution is 2.21. The zero-order valence-corrected chi connectivity index (χ0v) is 13.0. The lowest BCUT2D eigenvalue weighted by atomic mass is 10.2. The van der Waals surface area contributed by atoms with Crippen molar-refractivity contribution in [3.8, 4) is 11.5 Å². The van der Waals surface area contributed by atoms with Crippen LogP contribution in [0.1, 0.15) is 5.56 Å². The lowest BCUT2D eigenvalue weighted by Gasteiger charge is -2.05. The third kappa shape index (κ3) is 9.76. The van der Waals surface area contributed by atoms with Crippen LogP contribution in [0.3, 0.4) is 0 Å². The summed E-state index contributed by atoms with van der Waals surface area (Å²) in [5, 5.41) is 9.15. The zero-order valence-electron chi connectivity index (χ0n) is 13.0. The van der Waals surface area contributed by atoms with E-state index in [2.05, 4.69) is 5.32 Å². The molecule has 5 nitrogen and oxygen atoms in total. The van der Waals surface area contributed by atoms with Gasteiger partial charge in [-0.2, -0.15) is 0 Å². The average Bonchev–Trinajstić information content (AvgIpc) is 2.57. The molecule has 0 bridgehead atoms. The van der Waals surface area contributed by atoms with Crippen LogP contribution in [0.4, 0.5) is 4.39 Å². The standard InChI is InChI=1S/C13H11FO.C3H5NO2.CH4O/c1-10-3-2-4-13(9-10)15-12-7-5-11(14)6-8-12;5-2-1-4-3-6;1-2/h2-9H,1H3;2-3H,1H2,(H,4,6);2H,1H3. The van der Waals surface area contributed by atoms with Gasteiger partial charge in [0.05, 0.1) is 6.54 Å². The van der Waals surface area contributed by atoms with Crippen molar-refractivity contribution < 1.29 is 23.8 Å². The van der Waals surface area contributed by atoms with Crippen molar-refractivity contribution >= 4 is 12.7 Å². The van der Waals surface area contributed by atoms with Crippen molar-refractivity contribution in [1.29, 1.82) is 0 Å². The van der Waals surface area contributed by atoms with E-state index in [1.807, 2.05) is 31.2 Å². The number of benzene rings is 2. The second-order valence-corrected chi connectivity index (χ2v) is 4.07. The molecule has 0 saturated carbocycles. The fourth-order valence-electron chi connectivity index (χ4n) is 1.41. The number of aldehydes is 1. The molecule has 0 fully saturated rings. The number of aryl methyl sites for hydroxylation is 1. The van der Waals surface area contributed by atoms with Gasteiger partial charge in [0.15, 0.2) is 0 Å². The van der Waals surface area contributed by atoms with E-state index in [1.165, 1.54) is 12.1 Å².